The molecule has 0 amide bonds. The third-order valence-corrected chi connectivity index (χ3v) is 3.96. The molecule has 0 spiro atoms. The van der Waals surface area contributed by atoms with Gasteiger partial charge in [-0.3, -0.25) is 0 Å². The van der Waals surface area contributed by atoms with Crippen molar-refractivity contribution in [2.75, 3.05) is 26.3 Å². The van der Waals surface area contributed by atoms with Crippen molar-refractivity contribution in [3.05, 3.63) is 0 Å². The molecule has 1 atom stereocenters. The Kier molecular flexibility index (Phi) is 4.00. The first-order valence-electron chi connectivity index (χ1n) is 6.27. The highest BCUT2D eigenvalue weighted by Gasteiger charge is 2.27. The van der Waals surface area contributed by atoms with Gasteiger partial charge in [-0.05, 0) is 51.6 Å². The fourth-order valence-corrected chi connectivity index (χ4v) is 2.82. The van der Waals surface area contributed by atoms with Crippen LogP contribution in [0.5, 0.6) is 0 Å². The smallest absolute Gasteiger partial charge is 0.0541 e. The van der Waals surface area contributed by atoms with Crippen LogP contribution in [0.15, 0.2) is 0 Å². The summed E-state index contributed by atoms with van der Waals surface area (Å²) in [7, 11) is 0. The molecule has 3 heteroatoms. The lowest BCUT2D eigenvalue weighted by Crippen LogP contribution is -2.45. The quantitative estimate of drug-likeness (QED) is 0.749. The largest absolute Gasteiger partial charge is 0.393 e. The van der Waals surface area contributed by atoms with Crippen LogP contribution in [0.4, 0.5) is 0 Å². The Bertz CT molecular complexity index is 182. The Balaban J connectivity index is 1.77. The maximum Gasteiger partial charge on any atom is 0.0541 e. The molecule has 0 aromatic rings. The number of hydrogen-bond acceptors (Lipinski definition) is 3. The molecule has 2 fully saturated rings. The van der Waals surface area contributed by atoms with Crippen LogP contribution in [0.2, 0.25) is 0 Å². The summed E-state index contributed by atoms with van der Waals surface area (Å²) in [6.45, 7) is 6.12. The maximum absolute atomic E-state index is 9.54. The minimum Gasteiger partial charge on any atom is -0.393 e. The summed E-state index contributed by atoms with van der Waals surface area (Å²) in [6.07, 6.45) is 4.59. The second-order valence-electron chi connectivity index (χ2n) is 4.96. The number of likely N-dealkylation sites (tertiary alicyclic amines) is 1. The first-order chi connectivity index (χ1) is 7.27. The van der Waals surface area contributed by atoms with E-state index in [1.165, 1.54) is 25.9 Å². The van der Waals surface area contributed by atoms with E-state index in [-0.39, 0.29) is 6.10 Å². The molecule has 0 aromatic carbocycles. The van der Waals surface area contributed by atoms with Crippen LogP contribution in [0.3, 0.4) is 0 Å². The van der Waals surface area contributed by atoms with Gasteiger partial charge in [0.25, 0.3) is 0 Å². The van der Waals surface area contributed by atoms with E-state index in [9.17, 15) is 5.11 Å². The lowest BCUT2D eigenvalue weighted by atomic mass is 9.90. The summed E-state index contributed by atoms with van der Waals surface area (Å²) in [5, 5.41) is 9.54. The number of hydrogen-bond donors (Lipinski definition) is 1. The van der Waals surface area contributed by atoms with Gasteiger partial charge >= 0.3 is 0 Å². The molecule has 1 N–H and O–H groups in total. The molecular formula is C12H23NO2. The first-order valence-corrected chi connectivity index (χ1v) is 6.27. The van der Waals surface area contributed by atoms with Gasteiger partial charge in [0.2, 0.25) is 0 Å². The van der Waals surface area contributed by atoms with Crippen LogP contribution in [-0.4, -0.2) is 48.5 Å². The maximum atomic E-state index is 9.54. The second kappa shape index (κ2) is 5.28. The van der Waals surface area contributed by atoms with Crippen molar-refractivity contribution >= 4 is 0 Å². The highest BCUT2D eigenvalue weighted by molar-refractivity contribution is 4.81. The highest BCUT2D eigenvalue weighted by Crippen LogP contribution is 2.24. The molecule has 3 nitrogen and oxygen atoms in total. The fraction of sp³-hybridized carbons (Fsp3) is 1.00. The normalized spacial score (nSPS) is 29.2. The summed E-state index contributed by atoms with van der Waals surface area (Å²) in [5.74, 6) is 0.529. The van der Waals surface area contributed by atoms with Gasteiger partial charge in [0.15, 0.2) is 0 Å². The lowest BCUT2D eigenvalue weighted by molar-refractivity contribution is 0.00630. The van der Waals surface area contributed by atoms with E-state index in [0.717, 1.165) is 32.1 Å². The van der Waals surface area contributed by atoms with Gasteiger partial charge in [0.05, 0.1) is 6.10 Å². The number of nitrogens with zero attached hydrogens (tertiary/aromatic N) is 1. The average molecular weight is 213 g/mol. The van der Waals surface area contributed by atoms with Crippen molar-refractivity contribution in [1.29, 1.82) is 0 Å². The minimum atomic E-state index is -0.123. The molecule has 15 heavy (non-hydrogen) atoms. The number of rotatable bonds is 2. The number of aliphatic hydroxyl groups is 1. The van der Waals surface area contributed by atoms with Crippen LogP contribution in [0.1, 0.15) is 32.6 Å². The number of piperidine rings is 1. The Morgan fingerprint density at radius 1 is 1.13 bits per heavy atom. The molecule has 0 aromatic heterocycles. The summed E-state index contributed by atoms with van der Waals surface area (Å²) in [5.41, 5.74) is 0. The molecule has 0 bridgehead atoms. The Labute approximate surface area is 92.4 Å². The molecule has 2 heterocycles. The summed E-state index contributed by atoms with van der Waals surface area (Å²) in [6, 6.07) is 0.744. The van der Waals surface area contributed by atoms with E-state index in [1.807, 2.05) is 6.92 Å². The van der Waals surface area contributed by atoms with Crippen LogP contribution in [-0.2, 0) is 4.74 Å². The Morgan fingerprint density at radius 3 is 2.27 bits per heavy atom. The molecule has 0 aliphatic carbocycles. The summed E-state index contributed by atoms with van der Waals surface area (Å²) >= 11 is 0. The number of aliphatic hydroxyl groups excluding tert-OH is 1. The van der Waals surface area contributed by atoms with Crippen LogP contribution in [0.25, 0.3) is 0 Å². The van der Waals surface area contributed by atoms with Crippen molar-refractivity contribution in [2.24, 2.45) is 5.92 Å². The van der Waals surface area contributed by atoms with Gasteiger partial charge in [0, 0.05) is 19.3 Å². The highest BCUT2D eigenvalue weighted by atomic mass is 16.5. The Hall–Kier alpha value is -0.120. The van der Waals surface area contributed by atoms with E-state index >= 15 is 0 Å². The van der Waals surface area contributed by atoms with Crippen molar-refractivity contribution in [3.8, 4) is 0 Å². The average Bonchev–Trinajstić information content (AvgIpc) is 2.30. The van der Waals surface area contributed by atoms with Crippen molar-refractivity contribution < 1.29 is 9.84 Å². The van der Waals surface area contributed by atoms with E-state index in [2.05, 4.69) is 4.90 Å². The molecule has 2 aliphatic rings. The molecule has 0 saturated carbocycles. The van der Waals surface area contributed by atoms with E-state index in [4.69, 9.17) is 4.74 Å². The van der Waals surface area contributed by atoms with Gasteiger partial charge in [-0.15, -0.1) is 0 Å². The van der Waals surface area contributed by atoms with Gasteiger partial charge in [-0.25, -0.2) is 0 Å². The second-order valence-corrected chi connectivity index (χ2v) is 4.96. The van der Waals surface area contributed by atoms with Gasteiger partial charge < -0.3 is 14.7 Å². The zero-order valence-corrected chi connectivity index (χ0v) is 9.69. The summed E-state index contributed by atoms with van der Waals surface area (Å²) in [4.78, 5) is 2.60. The van der Waals surface area contributed by atoms with Crippen molar-refractivity contribution in [3.63, 3.8) is 0 Å². The molecular weight excluding hydrogens is 190 g/mol. The van der Waals surface area contributed by atoms with E-state index in [0.29, 0.717) is 5.92 Å². The molecule has 88 valence electrons. The van der Waals surface area contributed by atoms with Gasteiger partial charge in [-0.2, -0.15) is 0 Å². The molecule has 0 radical (unpaired) electrons. The molecule has 2 rings (SSSR count). The van der Waals surface area contributed by atoms with Crippen molar-refractivity contribution in [2.45, 2.75) is 44.8 Å². The van der Waals surface area contributed by atoms with E-state index in [1.54, 1.807) is 0 Å². The molecule has 1 unspecified atom stereocenters. The van der Waals surface area contributed by atoms with Gasteiger partial charge in [-0.1, -0.05) is 0 Å². The fourth-order valence-electron chi connectivity index (χ4n) is 2.82. The lowest BCUT2D eigenvalue weighted by Gasteiger charge is -2.39. The van der Waals surface area contributed by atoms with Gasteiger partial charge in [0.1, 0.15) is 0 Å². The van der Waals surface area contributed by atoms with Crippen LogP contribution in [0, 0.1) is 5.92 Å². The SMILES string of the molecule is CC(O)C1CCN(C2CCOCC2)CC1. The third kappa shape index (κ3) is 2.92. The van der Waals surface area contributed by atoms with Crippen molar-refractivity contribution in [1.82, 2.24) is 4.90 Å². The predicted octanol–water partition coefficient (Wildman–Crippen LogP) is 1.26. The standard InChI is InChI=1S/C12H23NO2/c1-10(14)11-2-6-13(7-3-11)12-4-8-15-9-5-12/h10-12,14H,2-9H2,1H3. The zero-order valence-electron chi connectivity index (χ0n) is 9.69. The van der Waals surface area contributed by atoms with E-state index < -0.39 is 0 Å². The Morgan fingerprint density at radius 2 is 1.73 bits per heavy atom. The molecule has 2 saturated heterocycles. The monoisotopic (exact) mass is 213 g/mol. The number of ether oxygens (including phenoxy) is 1. The third-order valence-electron chi connectivity index (χ3n) is 3.96. The molecule has 2 aliphatic heterocycles. The predicted molar refractivity (Wildman–Crippen MR) is 59.8 cm³/mol. The minimum absolute atomic E-state index is 0.123. The topological polar surface area (TPSA) is 32.7 Å². The van der Waals surface area contributed by atoms with Crippen LogP contribution >= 0.6 is 0 Å². The zero-order chi connectivity index (χ0) is 10.7. The first kappa shape index (κ1) is 11.4. The summed E-state index contributed by atoms with van der Waals surface area (Å²) < 4.78 is 5.38. The van der Waals surface area contributed by atoms with Crippen LogP contribution < -0.4 is 0 Å².